The molecule has 0 amide bonds. The summed E-state index contributed by atoms with van der Waals surface area (Å²) in [5, 5.41) is 9.65. The van der Waals surface area contributed by atoms with E-state index >= 15 is 0 Å². The SMILES string of the molecule is CCONCC(O)COc1c(C)cccc1C. The number of ether oxygens (including phenoxy) is 1. The molecule has 0 aliphatic rings. The number of rotatable bonds is 7. The highest BCUT2D eigenvalue weighted by Gasteiger charge is 2.08. The summed E-state index contributed by atoms with van der Waals surface area (Å²) >= 11 is 0. The highest BCUT2D eigenvalue weighted by molar-refractivity contribution is 5.39. The van der Waals surface area contributed by atoms with E-state index in [0.717, 1.165) is 16.9 Å². The van der Waals surface area contributed by atoms with Gasteiger partial charge in [-0.1, -0.05) is 18.2 Å². The third-order valence-electron chi connectivity index (χ3n) is 2.39. The van der Waals surface area contributed by atoms with Crippen LogP contribution in [0.5, 0.6) is 5.75 Å². The van der Waals surface area contributed by atoms with Gasteiger partial charge in [0.25, 0.3) is 0 Å². The van der Waals surface area contributed by atoms with Gasteiger partial charge in [0.15, 0.2) is 0 Å². The van der Waals surface area contributed by atoms with Crippen molar-refractivity contribution in [1.82, 2.24) is 5.48 Å². The summed E-state index contributed by atoms with van der Waals surface area (Å²) in [4.78, 5) is 4.94. The lowest BCUT2D eigenvalue weighted by atomic mass is 10.1. The van der Waals surface area contributed by atoms with Gasteiger partial charge in [-0.2, -0.15) is 5.48 Å². The van der Waals surface area contributed by atoms with Gasteiger partial charge in [0, 0.05) is 0 Å². The summed E-state index contributed by atoms with van der Waals surface area (Å²) < 4.78 is 5.61. The van der Waals surface area contributed by atoms with Gasteiger partial charge in [0.2, 0.25) is 0 Å². The minimum atomic E-state index is -0.583. The Morgan fingerprint density at radius 3 is 2.53 bits per heavy atom. The van der Waals surface area contributed by atoms with E-state index in [9.17, 15) is 5.11 Å². The first-order valence-electron chi connectivity index (χ1n) is 5.86. The highest BCUT2D eigenvalue weighted by Crippen LogP contribution is 2.22. The average molecular weight is 239 g/mol. The molecule has 0 fully saturated rings. The quantitative estimate of drug-likeness (QED) is 0.560. The molecule has 4 nitrogen and oxygen atoms in total. The number of aliphatic hydroxyl groups is 1. The van der Waals surface area contributed by atoms with Crippen molar-refractivity contribution in [3.63, 3.8) is 0 Å². The Kier molecular flexibility index (Phi) is 5.97. The van der Waals surface area contributed by atoms with Crippen molar-refractivity contribution in [2.75, 3.05) is 19.8 Å². The van der Waals surface area contributed by atoms with Gasteiger partial charge < -0.3 is 14.7 Å². The average Bonchev–Trinajstić information content (AvgIpc) is 2.29. The molecule has 0 heterocycles. The molecule has 1 aromatic carbocycles. The Balaban J connectivity index is 2.39. The molecule has 0 saturated heterocycles. The fourth-order valence-corrected chi connectivity index (χ4v) is 1.52. The lowest BCUT2D eigenvalue weighted by Crippen LogP contribution is -2.31. The van der Waals surface area contributed by atoms with E-state index in [-0.39, 0.29) is 6.61 Å². The third-order valence-corrected chi connectivity index (χ3v) is 2.39. The number of para-hydroxylation sites is 1. The van der Waals surface area contributed by atoms with Crippen molar-refractivity contribution in [1.29, 1.82) is 0 Å². The molecule has 1 aromatic rings. The first-order valence-corrected chi connectivity index (χ1v) is 5.86. The van der Waals surface area contributed by atoms with Crippen LogP contribution in [-0.4, -0.2) is 31.0 Å². The lowest BCUT2D eigenvalue weighted by molar-refractivity contribution is 0.00937. The number of aliphatic hydroxyl groups excluding tert-OH is 1. The molecule has 0 aliphatic heterocycles. The molecular formula is C13H21NO3. The van der Waals surface area contributed by atoms with Crippen molar-refractivity contribution in [2.45, 2.75) is 26.9 Å². The van der Waals surface area contributed by atoms with Gasteiger partial charge in [-0.25, -0.2) is 0 Å². The van der Waals surface area contributed by atoms with E-state index in [1.165, 1.54) is 0 Å². The molecule has 0 saturated carbocycles. The molecule has 1 unspecified atom stereocenters. The second-order valence-electron chi connectivity index (χ2n) is 3.97. The molecule has 0 bridgehead atoms. The van der Waals surface area contributed by atoms with Crippen LogP contribution in [0.4, 0.5) is 0 Å². The first-order chi connectivity index (χ1) is 8.15. The maximum absolute atomic E-state index is 9.65. The Morgan fingerprint density at radius 2 is 1.94 bits per heavy atom. The van der Waals surface area contributed by atoms with Crippen LogP contribution in [-0.2, 0) is 4.84 Å². The molecule has 0 radical (unpaired) electrons. The summed E-state index contributed by atoms with van der Waals surface area (Å²) in [7, 11) is 0. The predicted octanol–water partition coefficient (Wildman–Crippen LogP) is 1.58. The zero-order valence-corrected chi connectivity index (χ0v) is 10.7. The minimum Gasteiger partial charge on any atom is -0.490 e. The standard InChI is InChI=1S/C13H21NO3/c1-4-17-14-8-12(15)9-16-13-10(2)6-5-7-11(13)3/h5-7,12,14-15H,4,8-9H2,1-3H3. The van der Waals surface area contributed by atoms with Crippen LogP contribution in [0.25, 0.3) is 0 Å². The summed E-state index contributed by atoms with van der Waals surface area (Å²) in [6, 6.07) is 5.98. The summed E-state index contributed by atoms with van der Waals surface area (Å²) in [6.45, 7) is 7.06. The number of nitrogens with one attached hydrogen (secondary N) is 1. The van der Waals surface area contributed by atoms with Crippen molar-refractivity contribution >= 4 is 0 Å². The molecule has 0 aliphatic carbocycles. The molecule has 0 aromatic heterocycles. The van der Waals surface area contributed by atoms with Gasteiger partial charge in [-0.05, 0) is 31.9 Å². The highest BCUT2D eigenvalue weighted by atomic mass is 16.6. The number of hydrogen-bond donors (Lipinski definition) is 2. The van der Waals surface area contributed by atoms with Crippen molar-refractivity contribution < 1.29 is 14.7 Å². The van der Waals surface area contributed by atoms with Gasteiger partial charge in [-0.3, -0.25) is 0 Å². The number of hydroxylamine groups is 1. The van der Waals surface area contributed by atoms with Crippen LogP contribution in [0.3, 0.4) is 0 Å². The summed E-state index contributed by atoms with van der Waals surface area (Å²) in [5.74, 6) is 0.850. The van der Waals surface area contributed by atoms with E-state index in [2.05, 4.69) is 5.48 Å². The van der Waals surface area contributed by atoms with Crippen LogP contribution >= 0.6 is 0 Å². The second-order valence-corrected chi connectivity index (χ2v) is 3.97. The molecular weight excluding hydrogens is 218 g/mol. The topological polar surface area (TPSA) is 50.7 Å². The smallest absolute Gasteiger partial charge is 0.125 e. The van der Waals surface area contributed by atoms with Gasteiger partial charge >= 0.3 is 0 Å². The maximum Gasteiger partial charge on any atom is 0.125 e. The minimum absolute atomic E-state index is 0.256. The molecule has 1 rings (SSSR count). The predicted molar refractivity (Wildman–Crippen MR) is 67.0 cm³/mol. The molecule has 17 heavy (non-hydrogen) atoms. The lowest BCUT2D eigenvalue weighted by Gasteiger charge is -2.15. The molecule has 0 spiro atoms. The van der Waals surface area contributed by atoms with Crippen LogP contribution in [0, 0.1) is 13.8 Å². The van der Waals surface area contributed by atoms with Gasteiger partial charge in [0.05, 0.1) is 13.2 Å². The van der Waals surface area contributed by atoms with Gasteiger partial charge in [0.1, 0.15) is 18.5 Å². The normalized spacial score (nSPS) is 12.5. The molecule has 4 heteroatoms. The first kappa shape index (κ1) is 14.0. The van der Waals surface area contributed by atoms with Crippen LogP contribution in [0.2, 0.25) is 0 Å². The van der Waals surface area contributed by atoms with Crippen LogP contribution in [0.15, 0.2) is 18.2 Å². The number of hydrogen-bond acceptors (Lipinski definition) is 4. The van der Waals surface area contributed by atoms with E-state index in [4.69, 9.17) is 9.57 Å². The van der Waals surface area contributed by atoms with E-state index in [1.54, 1.807) is 0 Å². The van der Waals surface area contributed by atoms with Crippen LogP contribution in [0.1, 0.15) is 18.1 Å². The zero-order valence-electron chi connectivity index (χ0n) is 10.7. The number of benzene rings is 1. The second kappa shape index (κ2) is 7.27. The van der Waals surface area contributed by atoms with Crippen LogP contribution < -0.4 is 10.2 Å². The van der Waals surface area contributed by atoms with E-state index in [0.29, 0.717) is 13.2 Å². The zero-order chi connectivity index (χ0) is 12.7. The Labute approximate surface area is 103 Å². The largest absolute Gasteiger partial charge is 0.490 e. The molecule has 96 valence electrons. The molecule has 1 atom stereocenters. The monoisotopic (exact) mass is 239 g/mol. The van der Waals surface area contributed by atoms with E-state index in [1.807, 2.05) is 39.0 Å². The fraction of sp³-hybridized carbons (Fsp3) is 0.538. The summed E-state index contributed by atoms with van der Waals surface area (Å²) in [5.41, 5.74) is 4.83. The van der Waals surface area contributed by atoms with Crippen molar-refractivity contribution in [3.8, 4) is 5.75 Å². The Hall–Kier alpha value is -1.10. The van der Waals surface area contributed by atoms with Gasteiger partial charge in [-0.15, -0.1) is 0 Å². The van der Waals surface area contributed by atoms with E-state index < -0.39 is 6.10 Å². The van der Waals surface area contributed by atoms with Crippen molar-refractivity contribution in [3.05, 3.63) is 29.3 Å². The Morgan fingerprint density at radius 1 is 1.29 bits per heavy atom. The maximum atomic E-state index is 9.65. The fourth-order valence-electron chi connectivity index (χ4n) is 1.52. The molecule has 2 N–H and O–H groups in total. The third kappa shape index (κ3) is 4.73. The van der Waals surface area contributed by atoms with Crippen molar-refractivity contribution in [2.24, 2.45) is 0 Å². The Bertz CT molecular complexity index is 321. The number of aryl methyl sites for hydroxylation is 2. The summed E-state index contributed by atoms with van der Waals surface area (Å²) in [6.07, 6.45) is -0.583.